The van der Waals surface area contributed by atoms with Crippen molar-refractivity contribution in [1.82, 2.24) is 39.5 Å². The first-order valence-corrected chi connectivity index (χ1v) is 20.4. The molecule has 0 saturated carbocycles. The summed E-state index contributed by atoms with van der Waals surface area (Å²) >= 11 is 0. The van der Waals surface area contributed by atoms with E-state index in [0.717, 1.165) is 23.8 Å². The number of hydrogen-bond donors (Lipinski definition) is 6. The van der Waals surface area contributed by atoms with Crippen molar-refractivity contribution in [3.8, 4) is 22.5 Å². The van der Waals surface area contributed by atoms with E-state index in [1.807, 2.05) is 27.7 Å². The molecule has 0 radical (unpaired) electrons. The van der Waals surface area contributed by atoms with Gasteiger partial charge >= 0.3 is 18.2 Å². The second-order valence-electron chi connectivity index (χ2n) is 15.7. The number of aromatic nitrogens is 8. The average molecular weight is 925 g/mol. The number of nitrogens with two attached hydrogens (primary N) is 2. The number of anilines is 6. The number of rotatable bonds is 8. The van der Waals surface area contributed by atoms with Gasteiger partial charge in [-0.25, -0.2) is 52.1 Å². The van der Waals surface area contributed by atoms with Crippen LogP contribution in [-0.4, -0.2) is 51.6 Å². The molecular weight excluding hydrogens is 883 g/mol. The SMILES string of the molecule is Cc1ccc(F)c(NC(=O)Nc2ccc(-c3nn(C(C)C)c4ncnc(N)c34)c(F)c2)c1.Cc1ccc(NC(=O)Nc2ccc(-c3nn(C(C)C)c4ncnc(N)c34)c(F)c2)cc1C(F)(F)F. The summed E-state index contributed by atoms with van der Waals surface area (Å²) in [7, 11) is 0. The Kier molecular flexibility index (Phi) is 13.0. The van der Waals surface area contributed by atoms with Gasteiger partial charge in [-0.1, -0.05) is 12.1 Å². The maximum absolute atomic E-state index is 15.1. The van der Waals surface area contributed by atoms with Crippen LogP contribution in [-0.2, 0) is 6.18 Å². The van der Waals surface area contributed by atoms with Crippen molar-refractivity contribution >= 4 is 68.5 Å². The first kappa shape index (κ1) is 46.7. The van der Waals surface area contributed by atoms with Gasteiger partial charge in [0.25, 0.3) is 0 Å². The van der Waals surface area contributed by atoms with Gasteiger partial charge in [0.2, 0.25) is 0 Å². The number of carbonyl (C=O) groups is 2. The summed E-state index contributed by atoms with van der Waals surface area (Å²) in [6.07, 6.45) is -1.92. The lowest BCUT2D eigenvalue weighted by Crippen LogP contribution is -2.20. The Bertz CT molecular complexity index is 3190. The highest BCUT2D eigenvalue weighted by Gasteiger charge is 2.32. The molecular formula is C45H42F6N14O2. The van der Waals surface area contributed by atoms with E-state index in [2.05, 4.69) is 51.4 Å². The van der Waals surface area contributed by atoms with E-state index in [1.54, 1.807) is 22.4 Å². The van der Waals surface area contributed by atoms with E-state index in [4.69, 9.17) is 11.5 Å². The summed E-state index contributed by atoms with van der Waals surface area (Å²) in [6.45, 7) is 10.7. The molecule has 4 aromatic carbocycles. The molecule has 0 saturated heterocycles. The minimum atomic E-state index is -4.56. The monoisotopic (exact) mass is 924 g/mol. The Labute approximate surface area is 377 Å². The normalized spacial score (nSPS) is 11.5. The van der Waals surface area contributed by atoms with Crippen LogP contribution >= 0.6 is 0 Å². The van der Waals surface area contributed by atoms with Crippen LogP contribution in [0.2, 0.25) is 0 Å². The number of aryl methyl sites for hydroxylation is 2. The van der Waals surface area contributed by atoms with E-state index in [9.17, 15) is 27.2 Å². The summed E-state index contributed by atoms with van der Waals surface area (Å²) in [5.74, 6) is -1.55. The molecule has 4 amide bonds. The fourth-order valence-corrected chi connectivity index (χ4v) is 6.98. The van der Waals surface area contributed by atoms with Gasteiger partial charge in [-0.05, 0) is 113 Å². The van der Waals surface area contributed by atoms with Gasteiger partial charge in [0.15, 0.2) is 11.3 Å². The number of nitrogens with one attached hydrogen (secondary N) is 4. The van der Waals surface area contributed by atoms with Crippen molar-refractivity contribution in [2.75, 3.05) is 32.7 Å². The molecule has 4 heterocycles. The molecule has 0 atom stereocenters. The molecule has 0 bridgehead atoms. The van der Waals surface area contributed by atoms with Crippen molar-refractivity contribution in [3.05, 3.63) is 120 Å². The fraction of sp³-hybridized carbons (Fsp3) is 0.200. The van der Waals surface area contributed by atoms with E-state index < -0.39 is 41.3 Å². The number of urea groups is 2. The average Bonchev–Trinajstić information content (AvgIpc) is 3.84. The topological polar surface area (TPSA) is 221 Å². The van der Waals surface area contributed by atoms with Crippen LogP contribution in [0.5, 0.6) is 0 Å². The summed E-state index contributed by atoms with van der Waals surface area (Å²) in [4.78, 5) is 41.0. The smallest absolute Gasteiger partial charge is 0.383 e. The summed E-state index contributed by atoms with van der Waals surface area (Å²) in [5.41, 5.74) is 14.1. The molecule has 4 aromatic heterocycles. The number of fused-ring (bicyclic) bond motifs is 2. The zero-order chi connectivity index (χ0) is 48.5. The molecule has 16 nitrogen and oxygen atoms in total. The highest BCUT2D eigenvalue weighted by molar-refractivity contribution is 6.02. The molecule has 346 valence electrons. The van der Waals surface area contributed by atoms with Gasteiger partial charge in [-0.15, -0.1) is 0 Å². The predicted octanol–water partition coefficient (Wildman–Crippen LogP) is 10.7. The molecule has 8 N–H and O–H groups in total. The van der Waals surface area contributed by atoms with Gasteiger partial charge in [0.05, 0.1) is 22.0 Å². The first-order valence-electron chi connectivity index (χ1n) is 20.4. The summed E-state index contributed by atoms with van der Waals surface area (Å²) < 4.78 is 86.6. The van der Waals surface area contributed by atoms with E-state index in [0.29, 0.717) is 27.8 Å². The minimum Gasteiger partial charge on any atom is -0.383 e. The predicted molar refractivity (Wildman–Crippen MR) is 244 cm³/mol. The van der Waals surface area contributed by atoms with Crippen molar-refractivity contribution < 1.29 is 35.9 Å². The van der Waals surface area contributed by atoms with Gasteiger partial charge in [-0.3, -0.25) is 0 Å². The number of nitrogens with zero attached hydrogens (tertiary/aromatic N) is 8. The zero-order valence-corrected chi connectivity index (χ0v) is 36.6. The lowest BCUT2D eigenvalue weighted by atomic mass is 10.1. The summed E-state index contributed by atoms with van der Waals surface area (Å²) in [5, 5.41) is 19.5. The van der Waals surface area contributed by atoms with Crippen molar-refractivity contribution in [3.63, 3.8) is 0 Å². The van der Waals surface area contributed by atoms with Gasteiger partial charge in [0, 0.05) is 40.3 Å². The maximum Gasteiger partial charge on any atom is 0.416 e. The number of benzene rings is 4. The third-order valence-corrected chi connectivity index (χ3v) is 10.1. The van der Waals surface area contributed by atoms with Gasteiger partial charge in [-0.2, -0.15) is 23.4 Å². The number of carbonyl (C=O) groups excluding carboxylic acids is 2. The van der Waals surface area contributed by atoms with Crippen molar-refractivity contribution in [2.45, 2.75) is 59.8 Å². The Morgan fingerprint density at radius 3 is 1.48 bits per heavy atom. The van der Waals surface area contributed by atoms with Gasteiger partial charge in [0.1, 0.15) is 53.1 Å². The standard InChI is InChI=1S/C23H21F4N7O.C22H21F2N7O/c1-11(2)34-21-18(20(28)29-10-30-21)19(33-34)15-7-6-14(9-17(15)24)32-22(35)31-13-5-4-12(3)16(8-13)23(25,26)27;1-11(2)31-21-18(20(25)26-10-27-21)19(30-31)14-6-5-13(9-16(14)24)28-22(32)29-17-8-12(3)4-7-15(17)23/h4-11H,1-3H3,(H2,28,29,30)(H2,31,32,35);4-11H,1-3H3,(H2,25,26,27)(H2,28,29,32). The van der Waals surface area contributed by atoms with Crippen molar-refractivity contribution in [2.24, 2.45) is 0 Å². The largest absolute Gasteiger partial charge is 0.416 e. The van der Waals surface area contributed by atoms with Crippen molar-refractivity contribution in [1.29, 1.82) is 0 Å². The molecule has 22 heteroatoms. The van der Waals surface area contributed by atoms with E-state index in [-0.39, 0.29) is 68.9 Å². The lowest BCUT2D eigenvalue weighted by Gasteiger charge is -2.13. The molecule has 67 heavy (non-hydrogen) atoms. The molecule has 0 aliphatic carbocycles. The number of amides is 4. The number of hydrogen-bond acceptors (Lipinski definition) is 10. The minimum absolute atomic E-state index is 0.0274. The molecule has 0 unspecified atom stereocenters. The Morgan fingerprint density at radius 1 is 0.582 bits per heavy atom. The highest BCUT2D eigenvalue weighted by Crippen LogP contribution is 2.37. The third-order valence-electron chi connectivity index (χ3n) is 10.1. The van der Waals surface area contributed by atoms with Crippen LogP contribution < -0.4 is 32.7 Å². The Balaban J connectivity index is 0.000000200. The van der Waals surface area contributed by atoms with Crippen LogP contribution in [0.25, 0.3) is 44.6 Å². The lowest BCUT2D eigenvalue weighted by molar-refractivity contribution is -0.138. The molecule has 0 aliphatic heterocycles. The maximum atomic E-state index is 15.1. The quantitative estimate of drug-likeness (QED) is 0.0791. The number of alkyl halides is 3. The van der Waals surface area contributed by atoms with Crippen LogP contribution in [0.15, 0.2) is 85.5 Å². The zero-order valence-electron chi connectivity index (χ0n) is 36.6. The van der Waals surface area contributed by atoms with Crippen LogP contribution in [0.3, 0.4) is 0 Å². The Morgan fingerprint density at radius 2 is 1.03 bits per heavy atom. The molecule has 0 fully saturated rings. The number of halogens is 6. The van der Waals surface area contributed by atoms with Crippen LogP contribution in [0.1, 0.15) is 56.5 Å². The molecule has 8 rings (SSSR count). The molecule has 0 aliphatic rings. The van der Waals surface area contributed by atoms with Crippen LogP contribution in [0.4, 0.5) is 70.3 Å². The highest BCUT2D eigenvalue weighted by atomic mass is 19.4. The number of nitrogen functional groups attached to an aromatic ring is 2. The molecule has 0 spiro atoms. The second-order valence-corrected chi connectivity index (χ2v) is 15.7. The molecule has 8 aromatic rings. The summed E-state index contributed by atoms with van der Waals surface area (Å²) in [6, 6.07) is 14.2. The van der Waals surface area contributed by atoms with E-state index >= 15 is 8.78 Å². The fourth-order valence-electron chi connectivity index (χ4n) is 6.98. The second kappa shape index (κ2) is 18.7. The third kappa shape index (κ3) is 10.0. The first-order chi connectivity index (χ1) is 31.7. The van der Waals surface area contributed by atoms with Gasteiger partial charge < -0.3 is 32.7 Å². The Hall–Kier alpha value is -8.30. The van der Waals surface area contributed by atoms with Crippen LogP contribution in [0, 0.1) is 31.3 Å². The van der Waals surface area contributed by atoms with E-state index in [1.165, 1.54) is 68.1 Å².